The number of carbonyl (C=O) groups is 1. The summed E-state index contributed by atoms with van der Waals surface area (Å²) >= 11 is 0. The predicted octanol–water partition coefficient (Wildman–Crippen LogP) is 3.50. The minimum absolute atomic E-state index is 0.0369. The van der Waals surface area contributed by atoms with Crippen molar-refractivity contribution >= 4 is 5.97 Å². The van der Waals surface area contributed by atoms with Crippen LogP contribution in [0.2, 0.25) is 0 Å². The molecule has 0 aliphatic rings. The van der Waals surface area contributed by atoms with Gasteiger partial charge in [-0.15, -0.1) is 0 Å². The highest BCUT2D eigenvalue weighted by atomic mass is 16.5. The summed E-state index contributed by atoms with van der Waals surface area (Å²) in [7, 11) is 3.04. The molecule has 0 atom stereocenters. The van der Waals surface area contributed by atoms with E-state index in [4.69, 9.17) is 14.2 Å². The van der Waals surface area contributed by atoms with E-state index >= 15 is 0 Å². The second-order valence-corrected chi connectivity index (χ2v) is 4.46. The highest BCUT2D eigenvalue weighted by Gasteiger charge is 2.14. The van der Waals surface area contributed by atoms with Gasteiger partial charge in [0.1, 0.15) is 28.6 Å². The maximum atomic E-state index is 11.3. The fourth-order valence-electron chi connectivity index (χ4n) is 1.91. The van der Waals surface area contributed by atoms with Crippen molar-refractivity contribution < 1.29 is 24.1 Å². The summed E-state index contributed by atoms with van der Waals surface area (Å²) in [5.74, 6) is 0.788. The fourth-order valence-corrected chi connectivity index (χ4v) is 1.91. The highest BCUT2D eigenvalue weighted by molar-refractivity contribution is 5.91. The zero-order chi connectivity index (χ0) is 15.4. The van der Waals surface area contributed by atoms with Crippen LogP contribution < -0.4 is 14.2 Å². The van der Waals surface area contributed by atoms with Gasteiger partial charge >= 0.3 is 5.97 Å². The van der Waals surface area contributed by atoms with Gasteiger partial charge in [-0.1, -0.05) is 0 Å². The van der Waals surface area contributed by atoms with Gasteiger partial charge in [0.15, 0.2) is 0 Å². The summed E-state index contributed by atoms with van der Waals surface area (Å²) < 4.78 is 15.9. The first kappa shape index (κ1) is 14.7. The van der Waals surface area contributed by atoms with Gasteiger partial charge < -0.3 is 19.3 Å². The third-order valence-electron chi connectivity index (χ3n) is 2.91. The number of carboxylic acid groups (broad SMARTS) is 1. The molecular weight excluding hydrogens is 272 g/mol. The number of hydrogen-bond donors (Lipinski definition) is 1. The van der Waals surface area contributed by atoms with Gasteiger partial charge in [0.05, 0.1) is 14.2 Å². The molecule has 5 nitrogen and oxygen atoms in total. The highest BCUT2D eigenvalue weighted by Crippen LogP contribution is 2.31. The largest absolute Gasteiger partial charge is 0.497 e. The van der Waals surface area contributed by atoms with Crippen LogP contribution >= 0.6 is 0 Å². The standard InChI is InChI=1S/C16H16O5/c1-10-6-12(20-3)8-13(7-10)21-15-5-4-11(19-2)9-14(15)16(17)18/h4-9H,1-3H3,(H,17,18). The molecule has 0 aliphatic carbocycles. The molecule has 0 saturated carbocycles. The molecule has 0 amide bonds. The Morgan fingerprint density at radius 2 is 1.62 bits per heavy atom. The molecule has 1 N–H and O–H groups in total. The lowest BCUT2D eigenvalue weighted by molar-refractivity contribution is 0.0693. The van der Waals surface area contributed by atoms with Crippen molar-refractivity contribution in [1.82, 2.24) is 0 Å². The minimum atomic E-state index is -1.08. The first-order chi connectivity index (χ1) is 10.0. The van der Waals surface area contributed by atoms with E-state index < -0.39 is 5.97 Å². The number of carboxylic acids is 1. The smallest absolute Gasteiger partial charge is 0.339 e. The number of ether oxygens (including phenoxy) is 3. The number of hydrogen-bond acceptors (Lipinski definition) is 4. The van der Waals surface area contributed by atoms with Crippen LogP contribution in [0.5, 0.6) is 23.0 Å². The summed E-state index contributed by atoms with van der Waals surface area (Å²) in [6, 6.07) is 10.00. The van der Waals surface area contributed by atoms with Crippen molar-refractivity contribution in [3.63, 3.8) is 0 Å². The molecule has 0 fully saturated rings. The van der Waals surface area contributed by atoms with Crippen LogP contribution in [-0.2, 0) is 0 Å². The Hall–Kier alpha value is -2.69. The lowest BCUT2D eigenvalue weighted by Gasteiger charge is -2.12. The van der Waals surface area contributed by atoms with Gasteiger partial charge in [0.2, 0.25) is 0 Å². The molecule has 0 aliphatic heterocycles. The third-order valence-corrected chi connectivity index (χ3v) is 2.91. The Kier molecular flexibility index (Phi) is 4.33. The molecule has 5 heteroatoms. The predicted molar refractivity (Wildman–Crippen MR) is 77.8 cm³/mol. The van der Waals surface area contributed by atoms with Crippen molar-refractivity contribution in [2.45, 2.75) is 6.92 Å². The van der Waals surface area contributed by atoms with Crippen LogP contribution in [0.1, 0.15) is 15.9 Å². The molecule has 2 aromatic rings. The summed E-state index contributed by atoms with van der Waals surface area (Å²) in [5.41, 5.74) is 0.990. The minimum Gasteiger partial charge on any atom is -0.497 e. The lowest BCUT2D eigenvalue weighted by atomic mass is 10.2. The SMILES string of the molecule is COc1cc(C)cc(Oc2ccc(OC)cc2C(=O)O)c1. The summed E-state index contributed by atoms with van der Waals surface area (Å²) in [5, 5.41) is 9.26. The average molecular weight is 288 g/mol. The number of methoxy groups -OCH3 is 2. The van der Waals surface area contributed by atoms with E-state index in [2.05, 4.69) is 0 Å². The van der Waals surface area contributed by atoms with E-state index in [0.29, 0.717) is 17.2 Å². The van der Waals surface area contributed by atoms with Gasteiger partial charge in [-0.05, 0) is 42.8 Å². The molecule has 0 spiro atoms. The van der Waals surface area contributed by atoms with Crippen LogP contribution in [0.25, 0.3) is 0 Å². The van der Waals surface area contributed by atoms with E-state index in [1.807, 2.05) is 13.0 Å². The van der Waals surface area contributed by atoms with Crippen LogP contribution in [0.15, 0.2) is 36.4 Å². The molecular formula is C16H16O5. The molecule has 21 heavy (non-hydrogen) atoms. The van der Waals surface area contributed by atoms with Crippen LogP contribution in [0, 0.1) is 6.92 Å². The normalized spacial score (nSPS) is 10.0. The maximum absolute atomic E-state index is 11.3. The molecule has 0 aromatic heterocycles. The Labute approximate surface area is 122 Å². The fraction of sp³-hybridized carbons (Fsp3) is 0.188. The molecule has 110 valence electrons. The van der Waals surface area contributed by atoms with Crippen molar-refractivity contribution in [2.24, 2.45) is 0 Å². The number of aromatic carboxylic acids is 1. The molecule has 0 radical (unpaired) electrons. The monoisotopic (exact) mass is 288 g/mol. The van der Waals surface area contributed by atoms with Crippen molar-refractivity contribution in [1.29, 1.82) is 0 Å². The Balaban J connectivity index is 2.39. The van der Waals surface area contributed by atoms with Gasteiger partial charge in [0.25, 0.3) is 0 Å². The summed E-state index contributed by atoms with van der Waals surface area (Å²) in [4.78, 5) is 11.3. The topological polar surface area (TPSA) is 65.0 Å². The van der Waals surface area contributed by atoms with E-state index in [1.54, 1.807) is 31.4 Å². The van der Waals surface area contributed by atoms with Crippen molar-refractivity contribution in [3.8, 4) is 23.0 Å². The molecule has 0 bridgehead atoms. The summed E-state index contributed by atoms with van der Waals surface area (Å²) in [6.45, 7) is 1.90. The van der Waals surface area contributed by atoms with E-state index in [1.165, 1.54) is 13.2 Å². The quantitative estimate of drug-likeness (QED) is 0.912. The maximum Gasteiger partial charge on any atom is 0.339 e. The van der Waals surface area contributed by atoms with E-state index in [9.17, 15) is 9.90 Å². The first-order valence-electron chi connectivity index (χ1n) is 6.28. The van der Waals surface area contributed by atoms with E-state index in [0.717, 1.165) is 5.56 Å². The van der Waals surface area contributed by atoms with Crippen LogP contribution in [0.4, 0.5) is 0 Å². The van der Waals surface area contributed by atoms with E-state index in [-0.39, 0.29) is 11.3 Å². The second-order valence-electron chi connectivity index (χ2n) is 4.46. The van der Waals surface area contributed by atoms with Crippen molar-refractivity contribution in [2.75, 3.05) is 14.2 Å². The Morgan fingerprint density at radius 1 is 0.952 bits per heavy atom. The lowest BCUT2D eigenvalue weighted by Crippen LogP contribution is -2.01. The number of rotatable bonds is 5. The third kappa shape index (κ3) is 3.45. The molecule has 0 saturated heterocycles. The van der Waals surface area contributed by atoms with Gasteiger partial charge in [-0.25, -0.2) is 4.79 Å². The Morgan fingerprint density at radius 3 is 2.24 bits per heavy atom. The summed E-state index contributed by atoms with van der Waals surface area (Å²) in [6.07, 6.45) is 0. The first-order valence-corrected chi connectivity index (χ1v) is 6.28. The van der Waals surface area contributed by atoms with Gasteiger partial charge in [-0.2, -0.15) is 0 Å². The number of benzene rings is 2. The molecule has 0 heterocycles. The average Bonchev–Trinajstić information content (AvgIpc) is 2.46. The van der Waals surface area contributed by atoms with Crippen LogP contribution in [-0.4, -0.2) is 25.3 Å². The van der Waals surface area contributed by atoms with Gasteiger partial charge in [-0.3, -0.25) is 0 Å². The molecule has 2 rings (SSSR count). The van der Waals surface area contributed by atoms with Crippen molar-refractivity contribution in [3.05, 3.63) is 47.5 Å². The van der Waals surface area contributed by atoms with Gasteiger partial charge in [0, 0.05) is 6.07 Å². The molecule has 0 unspecified atom stereocenters. The second kappa shape index (κ2) is 6.17. The zero-order valence-corrected chi connectivity index (χ0v) is 12.0. The molecule has 2 aromatic carbocycles. The van der Waals surface area contributed by atoms with Crippen LogP contribution in [0.3, 0.4) is 0 Å². The Bertz CT molecular complexity index is 664. The number of aryl methyl sites for hydroxylation is 1. The zero-order valence-electron chi connectivity index (χ0n) is 12.0.